The van der Waals surface area contributed by atoms with Gasteiger partial charge in [0.15, 0.2) is 0 Å². The summed E-state index contributed by atoms with van der Waals surface area (Å²) in [5.74, 6) is -0.844. The summed E-state index contributed by atoms with van der Waals surface area (Å²) in [7, 11) is -4.45. The van der Waals surface area contributed by atoms with Crippen LogP contribution in [0, 0.1) is 17.1 Å². The van der Waals surface area contributed by atoms with Crippen molar-refractivity contribution in [2.45, 2.75) is 80.1 Å². The molecular weight excluding hydrogens is 484 g/mol. The van der Waals surface area contributed by atoms with Crippen molar-refractivity contribution in [3.8, 4) is 6.07 Å². The zero-order valence-electron chi connectivity index (χ0n) is 18.9. The molecule has 0 spiro atoms. The molecule has 2 aliphatic carbocycles. The van der Waals surface area contributed by atoms with Gasteiger partial charge in [0, 0.05) is 17.9 Å². The van der Waals surface area contributed by atoms with E-state index >= 15 is 0 Å². The SMILES string of the molecule is C[C@@H](NS(=O)(=O)c1ccc(C2C(C#N)c3cc(F)c(C4CC4)cc3N2C2CCC2)nc1)C(F)(F)F. The first-order valence-electron chi connectivity index (χ1n) is 11.6. The van der Waals surface area contributed by atoms with E-state index in [0.29, 0.717) is 16.8 Å². The highest BCUT2D eigenvalue weighted by Gasteiger charge is 2.46. The highest BCUT2D eigenvalue weighted by molar-refractivity contribution is 7.89. The maximum atomic E-state index is 14.9. The molecule has 35 heavy (non-hydrogen) atoms. The first-order chi connectivity index (χ1) is 16.5. The van der Waals surface area contributed by atoms with E-state index in [9.17, 15) is 31.2 Å². The Hall–Kier alpha value is -2.71. The number of sulfonamides is 1. The standard InChI is InChI=1S/C24H24F4N4O2S/c1-13(24(26,27)28)31-35(33,34)16-7-8-21(30-12-16)23-19(11-29)18-9-20(25)17(14-5-6-14)10-22(18)32(23)15-3-2-4-15/h7-10,12-15,19,23,31H,2-6H2,1H3/t13-,19?,23?/m1/s1. The van der Waals surface area contributed by atoms with Crippen LogP contribution in [0.2, 0.25) is 0 Å². The Morgan fingerprint density at radius 1 is 1.17 bits per heavy atom. The summed E-state index contributed by atoms with van der Waals surface area (Å²) >= 11 is 0. The third kappa shape index (κ3) is 4.27. The number of alkyl halides is 3. The molecular formula is C24H24F4N4O2S. The van der Waals surface area contributed by atoms with E-state index in [4.69, 9.17) is 0 Å². The van der Waals surface area contributed by atoms with Crippen molar-refractivity contribution in [1.82, 2.24) is 9.71 Å². The number of hydrogen-bond acceptors (Lipinski definition) is 5. The van der Waals surface area contributed by atoms with Crippen molar-refractivity contribution in [3.63, 3.8) is 0 Å². The number of halogens is 4. The fourth-order valence-corrected chi connectivity index (χ4v) is 6.06. The number of hydrogen-bond donors (Lipinski definition) is 1. The number of nitrogens with zero attached hydrogens (tertiary/aromatic N) is 3. The highest BCUT2D eigenvalue weighted by atomic mass is 32.2. The van der Waals surface area contributed by atoms with Gasteiger partial charge in [-0.15, -0.1) is 0 Å². The second-order valence-corrected chi connectivity index (χ2v) is 11.3. The maximum absolute atomic E-state index is 14.9. The fraction of sp³-hybridized carbons (Fsp3) is 0.500. The molecule has 2 unspecified atom stereocenters. The monoisotopic (exact) mass is 508 g/mol. The molecule has 11 heteroatoms. The maximum Gasteiger partial charge on any atom is 0.404 e. The van der Waals surface area contributed by atoms with Crippen molar-refractivity contribution >= 4 is 15.7 Å². The molecule has 1 aromatic carbocycles. The van der Waals surface area contributed by atoms with Crippen LogP contribution in [0.4, 0.5) is 23.2 Å². The van der Waals surface area contributed by atoms with Gasteiger partial charge in [0.1, 0.15) is 16.8 Å². The summed E-state index contributed by atoms with van der Waals surface area (Å²) in [5.41, 5.74) is 2.47. The fourth-order valence-electron chi connectivity index (χ4n) is 4.89. The van der Waals surface area contributed by atoms with Crippen molar-refractivity contribution in [1.29, 1.82) is 5.26 Å². The lowest BCUT2D eigenvalue weighted by Crippen LogP contribution is -2.43. The van der Waals surface area contributed by atoms with Crippen LogP contribution in [0.25, 0.3) is 0 Å². The van der Waals surface area contributed by atoms with Crippen LogP contribution < -0.4 is 9.62 Å². The molecule has 186 valence electrons. The third-order valence-electron chi connectivity index (χ3n) is 7.19. The topological polar surface area (TPSA) is 86.1 Å². The Morgan fingerprint density at radius 3 is 2.40 bits per heavy atom. The van der Waals surface area contributed by atoms with E-state index in [1.54, 1.807) is 4.72 Å². The zero-order chi connectivity index (χ0) is 25.1. The number of fused-ring (bicyclic) bond motifs is 1. The number of aromatic nitrogens is 1. The highest BCUT2D eigenvalue weighted by Crippen LogP contribution is 2.54. The average molecular weight is 509 g/mol. The molecule has 2 fully saturated rings. The number of benzene rings is 1. The summed E-state index contributed by atoms with van der Waals surface area (Å²) in [5, 5.41) is 10.0. The normalized spacial score (nSPS) is 23.5. The van der Waals surface area contributed by atoms with Crippen LogP contribution in [-0.2, 0) is 10.0 Å². The van der Waals surface area contributed by atoms with Crippen LogP contribution in [-0.4, -0.2) is 31.7 Å². The molecule has 1 aromatic heterocycles. The molecule has 0 radical (unpaired) electrons. The largest absolute Gasteiger partial charge is 0.404 e. The number of anilines is 1. The van der Waals surface area contributed by atoms with Gasteiger partial charge in [0.05, 0.1) is 23.7 Å². The van der Waals surface area contributed by atoms with E-state index in [0.717, 1.165) is 50.9 Å². The van der Waals surface area contributed by atoms with Crippen LogP contribution in [0.1, 0.15) is 73.7 Å². The van der Waals surface area contributed by atoms with Crippen molar-refractivity contribution < 1.29 is 26.0 Å². The molecule has 5 rings (SSSR count). The number of rotatable bonds is 6. The van der Waals surface area contributed by atoms with Gasteiger partial charge in [0.2, 0.25) is 10.0 Å². The minimum absolute atomic E-state index is 0.147. The van der Waals surface area contributed by atoms with Crippen molar-refractivity contribution in [2.75, 3.05) is 4.90 Å². The molecule has 1 N–H and O–H groups in total. The van der Waals surface area contributed by atoms with E-state index in [1.807, 2.05) is 6.07 Å². The summed E-state index contributed by atoms with van der Waals surface area (Å²) in [6.45, 7) is 0.720. The van der Waals surface area contributed by atoms with E-state index in [2.05, 4.69) is 16.0 Å². The van der Waals surface area contributed by atoms with Gasteiger partial charge in [-0.3, -0.25) is 4.98 Å². The molecule has 0 bridgehead atoms. The van der Waals surface area contributed by atoms with Crippen LogP contribution in [0.3, 0.4) is 0 Å². The van der Waals surface area contributed by atoms with Crippen LogP contribution in [0.5, 0.6) is 0 Å². The van der Waals surface area contributed by atoms with Gasteiger partial charge < -0.3 is 4.90 Å². The van der Waals surface area contributed by atoms with Gasteiger partial charge >= 0.3 is 6.18 Å². The Bertz CT molecular complexity index is 1280. The molecule has 3 atom stereocenters. The molecule has 6 nitrogen and oxygen atoms in total. The number of pyridine rings is 1. The predicted molar refractivity (Wildman–Crippen MR) is 120 cm³/mol. The Labute approximate surface area is 201 Å². The van der Waals surface area contributed by atoms with E-state index in [-0.39, 0.29) is 17.8 Å². The molecule has 0 amide bonds. The van der Waals surface area contributed by atoms with Gasteiger partial charge in [-0.1, -0.05) is 0 Å². The van der Waals surface area contributed by atoms with Crippen molar-refractivity contribution in [3.05, 3.63) is 53.1 Å². The second kappa shape index (κ2) is 8.45. The number of nitriles is 1. The lowest BCUT2D eigenvalue weighted by molar-refractivity contribution is -0.147. The molecule has 0 saturated heterocycles. The lowest BCUT2D eigenvalue weighted by Gasteiger charge is -2.41. The molecule has 2 saturated carbocycles. The Morgan fingerprint density at radius 2 is 1.89 bits per heavy atom. The quantitative estimate of drug-likeness (QED) is 0.552. The van der Waals surface area contributed by atoms with Crippen LogP contribution in [0.15, 0.2) is 35.4 Å². The van der Waals surface area contributed by atoms with Crippen molar-refractivity contribution in [2.24, 2.45) is 0 Å². The molecule has 2 aromatic rings. The molecule has 3 aliphatic rings. The Balaban J connectivity index is 1.50. The zero-order valence-corrected chi connectivity index (χ0v) is 19.7. The summed E-state index contributed by atoms with van der Waals surface area (Å²) < 4.78 is 79.9. The summed E-state index contributed by atoms with van der Waals surface area (Å²) in [4.78, 5) is 5.98. The minimum Gasteiger partial charge on any atom is -0.358 e. The van der Waals surface area contributed by atoms with Gasteiger partial charge in [-0.05, 0) is 80.3 Å². The minimum atomic E-state index is -4.73. The summed E-state index contributed by atoms with van der Waals surface area (Å²) in [6.07, 6.45) is 1.00. The van der Waals surface area contributed by atoms with Gasteiger partial charge in [0.25, 0.3) is 0 Å². The molecule has 1 aliphatic heterocycles. The smallest absolute Gasteiger partial charge is 0.358 e. The van der Waals surface area contributed by atoms with Gasteiger partial charge in [-0.2, -0.15) is 23.2 Å². The first-order valence-corrected chi connectivity index (χ1v) is 13.1. The van der Waals surface area contributed by atoms with Crippen LogP contribution >= 0.6 is 0 Å². The van der Waals surface area contributed by atoms with Gasteiger partial charge in [-0.25, -0.2) is 12.8 Å². The van der Waals surface area contributed by atoms with E-state index in [1.165, 1.54) is 18.2 Å². The Kier molecular flexibility index (Phi) is 5.79. The third-order valence-corrected chi connectivity index (χ3v) is 8.72. The lowest BCUT2D eigenvalue weighted by atomic mass is 9.88. The predicted octanol–water partition coefficient (Wildman–Crippen LogP) is 5.05. The molecule has 2 heterocycles. The number of nitrogens with one attached hydrogen (secondary N) is 1. The van der Waals surface area contributed by atoms with E-state index < -0.39 is 39.1 Å². The first kappa shape index (κ1) is 24.0. The second-order valence-electron chi connectivity index (χ2n) is 9.55. The summed E-state index contributed by atoms with van der Waals surface area (Å²) in [6, 6.07) is 5.54. The average Bonchev–Trinajstić information content (AvgIpc) is 3.55.